The van der Waals surface area contributed by atoms with Crippen LogP contribution in [0.25, 0.3) is 0 Å². The Morgan fingerprint density at radius 2 is 1.95 bits per heavy atom. The summed E-state index contributed by atoms with van der Waals surface area (Å²) in [5.74, 6) is 0.673. The van der Waals surface area contributed by atoms with Gasteiger partial charge in [-0.3, -0.25) is 4.79 Å². The minimum atomic E-state index is -0.00238. The zero-order chi connectivity index (χ0) is 14.7. The Morgan fingerprint density at radius 1 is 1.24 bits per heavy atom. The highest BCUT2D eigenvalue weighted by molar-refractivity contribution is 5.93. The van der Waals surface area contributed by atoms with Crippen LogP contribution in [0.4, 0.5) is 0 Å². The van der Waals surface area contributed by atoms with Gasteiger partial charge < -0.3 is 10.2 Å². The first-order valence-electron chi connectivity index (χ1n) is 7.10. The zero-order valence-corrected chi connectivity index (χ0v) is 12.0. The normalized spacial score (nSPS) is 18.5. The summed E-state index contributed by atoms with van der Waals surface area (Å²) in [6.07, 6.45) is 3.20. The predicted octanol–water partition coefficient (Wildman–Crippen LogP) is 1.57. The van der Waals surface area contributed by atoms with Crippen LogP contribution in [0.15, 0.2) is 42.7 Å². The lowest BCUT2D eigenvalue weighted by atomic mass is 10.0. The first-order valence-corrected chi connectivity index (χ1v) is 7.10. The highest BCUT2D eigenvalue weighted by Gasteiger charge is 2.25. The van der Waals surface area contributed by atoms with E-state index in [-0.39, 0.29) is 11.9 Å². The quantitative estimate of drug-likeness (QED) is 0.908. The minimum absolute atomic E-state index is 0.00238. The number of hydrogen-bond donors (Lipinski definition) is 1. The Morgan fingerprint density at radius 3 is 2.67 bits per heavy atom. The van der Waals surface area contributed by atoms with Gasteiger partial charge in [0.25, 0.3) is 5.91 Å². The van der Waals surface area contributed by atoms with Gasteiger partial charge in [0.15, 0.2) is 0 Å². The van der Waals surface area contributed by atoms with Crippen LogP contribution in [0, 0.1) is 6.92 Å². The number of nitrogens with one attached hydrogen (secondary N) is 1. The molecule has 0 bridgehead atoms. The number of aromatic nitrogens is 2. The van der Waals surface area contributed by atoms with Crippen LogP contribution in [0.5, 0.6) is 0 Å². The van der Waals surface area contributed by atoms with Gasteiger partial charge in [0.05, 0.1) is 5.56 Å². The Hall–Kier alpha value is -2.27. The molecular formula is C16H18N4O. The molecule has 0 spiro atoms. The van der Waals surface area contributed by atoms with Gasteiger partial charge in [-0.05, 0) is 12.5 Å². The second-order valence-corrected chi connectivity index (χ2v) is 5.19. The van der Waals surface area contributed by atoms with Gasteiger partial charge in [-0.15, -0.1) is 0 Å². The summed E-state index contributed by atoms with van der Waals surface area (Å²) < 4.78 is 0. The summed E-state index contributed by atoms with van der Waals surface area (Å²) in [4.78, 5) is 22.6. The predicted molar refractivity (Wildman–Crippen MR) is 79.9 cm³/mol. The second kappa shape index (κ2) is 6.01. The zero-order valence-electron chi connectivity index (χ0n) is 12.0. The van der Waals surface area contributed by atoms with E-state index in [0.29, 0.717) is 24.5 Å². The Bertz CT molecular complexity index is 612. The maximum atomic E-state index is 12.5. The van der Waals surface area contributed by atoms with Crippen LogP contribution < -0.4 is 5.32 Å². The Balaban J connectivity index is 1.74. The van der Waals surface area contributed by atoms with Crippen molar-refractivity contribution in [2.45, 2.75) is 13.0 Å². The van der Waals surface area contributed by atoms with Crippen molar-refractivity contribution in [1.29, 1.82) is 0 Å². The van der Waals surface area contributed by atoms with Crippen LogP contribution in [-0.2, 0) is 0 Å². The molecule has 0 radical (unpaired) electrons. The van der Waals surface area contributed by atoms with E-state index in [1.165, 1.54) is 5.56 Å². The molecule has 1 aromatic carbocycles. The van der Waals surface area contributed by atoms with Gasteiger partial charge in [-0.25, -0.2) is 9.97 Å². The number of amides is 1. The molecule has 21 heavy (non-hydrogen) atoms. The number of rotatable bonds is 2. The minimum Gasteiger partial charge on any atom is -0.335 e. The SMILES string of the molecule is Cc1ncc(C(=O)N2CCNC(c3ccccc3)C2)cn1. The third-order valence-corrected chi connectivity index (χ3v) is 3.69. The van der Waals surface area contributed by atoms with Crippen LogP contribution in [0.3, 0.4) is 0 Å². The van der Waals surface area contributed by atoms with Crippen molar-refractivity contribution in [2.24, 2.45) is 0 Å². The topological polar surface area (TPSA) is 58.1 Å². The largest absolute Gasteiger partial charge is 0.335 e. The van der Waals surface area contributed by atoms with Gasteiger partial charge >= 0.3 is 0 Å². The van der Waals surface area contributed by atoms with Crippen molar-refractivity contribution in [2.75, 3.05) is 19.6 Å². The number of carbonyl (C=O) groups excluding carboxylic acids is 1. The Kier molecular flexibility index (Phi) is 3.92. The van der Waals surface area contributed by atoms with E-state index in [4.69, 9.17) is 0 Å². The molecule has 1 aromatic heterocycles. The molecule has 2 heterocycles. The smallest absolute Gasteiger partial charge is 0.257 e. The van der Waals surface area contributed by atoms with Crippen molar-refractivity contribution < 1.29 is 4.79 Å². The van der Waals surface area contributed by atoms with Crippen LogP contribution in [-0.4, -0.2) is 40.4 Å². The van der Waals surface area contributed by atoms with E-state index in [9.17, 15) is 4.79 Å². The van der Waals surface area contributed by atoms with E-state index >= 15 is 0 Å². The fourth-order valence-corrected chi connectivity index (χ4v) is 2.53. The molecule has 1 amide bonds. The lowest BCUT2D eigenvalue weighted by Gasteiger charge is -2.34. The van der Waals surface area contributed by atoms with Crippen LogP contribution in [0.2, 0.25) is 0 Å². The molecule has 0 aliphatic carbocycles. The average molecular weight is 282 g/mol. The molecule has 0 saturated carbocycles. The molecule has 5 nitrogen and oxygen atoms in total. The fourth-order valence-electron chi connectivity index (χ4n) is 2.53. The molecule has 1 N–H and O–H groups in total. The van der Waals surface area contributed by atoms with Crippen molar-refractivity contribution in [1.82, 2.24) is 20.2 Å². The fraction of sp³-hybridized carbons (Fsp3) is 0.312. The molecule has 108 valence electrons. The van der Waals surface area contributed by atoms with E-state index in [2.05, 4.69) is 27.4 Å². The van der Waals surface area contributed by atoms with Gasteiger partial charge in [-0.2, -0.15) is 0 Å². The lowest BCUT2D eigenvalue weighted by Crippen LogP contribution is -2.48. The molecule has 2 aromatic rings. The van der Waals surface area contributed by atoms with Crippen molar-refractivity contribution in [3.8, 4) is 0 Å². The summed E-state index contributed by atoms with van der Waals surface area (Å²) in [6, 6.07) is 10.4. The molecule has 1 aliphatic rings. The number of hydrogen-bond acceptors (Lipinski definition) is 4. The second-order valence-electron chi connectivity index (χ2n) is 5.19. The number of carbonyl (C=O) groups is 1. The van der Waals surface area contributed by atoms with Crippen LogP contribution >= 0.6 is 0 Å². The average Bonchev–Trinajstić information content (AvgIpc) is 2.56. The first kappa shape index (κ1) is 13.7. The maximum absolute atomic E-state index is 12.5. The van der Waals surface area contributed by atoms with Crippen molar-refractivity contribution in [3.05, 3.63) is 59.7 Å². The molecular weight excluding hydrogens is 264 g/mol. The summed E-state index contributed by atoms with van der Waals surface area (Å²) in [7, 11) is 0. The van der Waals surface area contributed by atoms with E-state index in [1.54, 1.807) is 12.4 Å². The Labute approximate surface area is 124 Å². The number of benzene rings is 1. The van der Waals surface area contributed by atoms with Crippen LogP contribution in [0.1, 0.15) is 27.8 Å². The molecule has 1 atom stereocenters. The van der Waals surface area contributed by atoms with Crippen molar-refractivity contribution >= 4 is 5.91 Å². The third-order valence-electron chi connectivity index (χ3n) is 3.69. The maximum Gasteiger partial charge on any atom is 0.257 e. The molecule has 1 fully saturated rings. The standard InChI is InChI=1S/C16H18N4O/c1-12-18-9-14(10-19-12)16(21)20-8-7-17-15(11-20)13-5-3-2-4-6-13/h2-6,9-10,15,17H,7-8,11H2,1H3. The molecule has 1 aliphatic heterocycles. The highest BCUT2D eigenvalue weighted by atomic mass is 16.2. The summed E-state index contributed by atoms with van der Waals surface area (Å²) in [6.45, 7) is 3.97. The van der Waals surface area contributed by atoms with Gasteiger partial charge in [0, 0.05) is 38.1 Å². The number of aryl methyl sites for hydroxylation is 1. The molecule has 3 rings (SSSR count). The first-order chi connectivity index (χ1) is 10.2. The van der Waals surface area contributed by atoms with E-state index in [1.807, 2.05) is 30.0 Å². The lowest BCUT2D eigenvalue weighted by molar-refractivity contribution is 0.0702. The molecule has 5 heteroatoms. The van der Waals surface area contributed by atoms with Crippen molar-refractivity contribution in [3.63, 3.8) is 0 Å². The molecule has 1 unspecified atom stereocenters. The van der Waals surface area contributed by atoms with Gasteiger partial charge in [0.1, 0.15) is 5.82 Å². The summed E-state index contributed by atoms with van der Waals surface area (Å²) in [5.41, 5.74) is 1.75. The van der Waals surface area contributed by atoms with E-state index < -0.39 is 0 Å². The summed E-state index contributed by atoms with van der Waals surface area (Å²) in [5, 5.41) is 3.46. The van der Waals surface area contributed by atoms with Gasteiger partial charge in [0.2, 0.25) is 0 Å². The van der Waals surface area contributed by atoms with Gasteiger partial charge in [-0.1, -0.05) is 30.3 Å². The number of nitrogens with zero attached hydrogens (tertiary/aromatic N) is 3. The number of piperazine rings is 1. The van der Waals surface area contributed by atoms with E-state index in [0.717, 1.165) is 6.54 Å². The summed E-state index contributed by atoms with van der Waals surface area (Å²) >= 11 is 0. The monoisotopic (exact) mass is 282 g/mol. The molecule has 1 saturated heterocycles. The third kappa shape index (κ3) is 3.08. The highest BCUT2D eigenvalue weighted by Crippen LogP contribution is 2.18.